The molecule has 9 nitrogen and oxygen atoms in total. The largest absolute Gasteiger partial charge is 0.394 e. The maximum Gasteiger partial charge on any atom is 0.220 e. The van der Waals surface area contributed by atoms with Crippen LogP contribution >= 0.6 is 0 Å². The van der Waals surface area contributed by atoms with Crippen molar-refractivity contribution >= 4 is 5.91 Å². The predicted molar refractivity (Wildman–Crippen MR) is 221 cm³/mol. The number of rotatable bonds is 38. The fourth-order valence-electron chi connectivity index (χ4n) is 7.39. The van der Waals surface area contributed by atoms with Crippen LogP contribution in [0, 0.1) is 0 Å². The van der Waals surface area contributed by atoms with Gasteiger partial charge in [-0.3, -0.25) is 4.79 Å². The maximum atomic E-state index is 12.9. The van der Waals surface area contributed by atoms with Gasteiger partial charge < -0.3 is 40.3 Å². The van der Waals surface area contributed by atoms with Crippen molar-refractivity contribution in [2.24, 2.45) is 0 Å². The molecule has 0 saturated carbocycles. The van der Waals surface area contributed by atoms with Crippen molar-refractivity contribution in [1.82, 2.24) is 5.32 Å². The lowest BCUT2D eigenvalue weighted by Crippen LogP contribution is -2.60. The molecular formula is C45H87NO8. The molecule has 0 bridgehead atoms. The molecule has 1 fully saturated rings. The van der Waals surface area contributed by atoms with Crippen molar-refractivity contribution in [3.8, 4) is 0 Å². The third kappa shape index (κ3) is 26.7. The number of carbonyl (C=O) groups is 1. The van der Waals surface area contributed by atoms with E-state index >= 15 is 0 Å². The zero-order chi connectivity index (χ0) is 39.5. The Bertz CT molecular complexity index is 858. The fraction of sp³-hybridized carbons (Fsp3) is 0.933. The summed E-state index contributed by atoms with van der Waals surface area (Å²) >= 11 is 0. The molecule has 9 heteroatoms. The zero-order valence-electron chi connectivity index (χ0n) is 35.0. The molecule has 7 atom stereocenters. The highest BCUT2D eigenvalue weighted by atomic mass is 16.7. The molecule has 0 aromatic heterocycles. The normalized spacial score (nSPS) is 21.5. The van der Waals surface area contributed by atoms with E-state index in [0.29, 0.717) is 12.8 Å². The van der Waals surface area contributed by atoms with Crippen LogP contribution in [0.4, 0.5) is 0 Å². The summed E-state index contributed by atoms with van der Waals surface area (Å²) in [4.78, 5) is 12.9. The van der Waals surface area contributed by atoms with Gasteiger partial charge >= 0.3 is 0 Å². The Labute approximate surface area is 331 Å². The van der Waals surface area contributed by atoms with E-state index < -0.39 is 49.5 Å². The molecular weight excluding hydrogens is 682 g/mol. The highest BCUT2D eigenvalue weighted by Crippen LogP contribution is 2.23. The Hall–Kier alpha value is -1.07. The molecule has 1 aliphatic rings. The second-order valence-corrected chi connectivity index (χ2v) is 16.2. The third-order valence-electron chi connectivity index (χ3n) is 11.1. The topological polar surface area (TPSA) is 149 Å². The lowest BCUT2D eigenvalue weighted by Gasteiger charge is -2.40. The summed E-state index contributed by atoms with van der Waals surface area (Å²) in [6.07, 6.45) is 33.7. The summed E-state index contributed by atoms with van der Waals surface area (Å²) in [5, 5.41) is 54.2. The Balaban J connectivity index is 2.27. The van der Waals surface area contributed by atoms with E-state index in [1.54, 1.807) is 0 Å². The molecule has 0 radical (unpaired) electrons. The lowest BCUT2D eigenvalue weighted by molar-refractivity contribution is -0.302. The Morgan fingerprint density at radius 2 is 1.04 bits per heavy atom. The second kappa shape index (κ2) is 36.3. The first kappa shape index (κ1) is 50.9. The zero-order valence-corrected chi connectivity index (χ0v) is 35.0. The van der Waals surface area contributed by atoms with Crippen molar-refractivity contribution in [2.75, 3.05) is 13.2 Å². The summed E-state index contributed by atoms with van der Waals surface area (Å²) < 4.78 is 11.2. The number of allylic oxidation sites excluding steroid dienone is 2. The molecule has 0 spiro atoms. The van der Waals surface area contributed by atoms with Gasteiger partial charge in [0.1, 0.15) is 24.4 Å². The van der Waals surface area contributed by atoms with Gasteiger partial charge in [0.2, 0.25) is 5.91 Å². The van der Waals surface area contributed by atoms with E-state index in [2.05, 4.69) is 31.3 Å². The van der Waals surface area contributed by atoms with Gasteiger partial charge in [-0.2, -0.15) is 0 Å². The molecule has 6 N–H and O–H groups in total. The first-order valence-corrected chi connectivity index (χ1v) is 22.9. The van der Waals surface area contributed by atoms with Gasteiger partial charge in [0, 0.05) is 6.42 Å². The maximum absolute atomic E-state index is 12.9. The molecule has 1 heterocycles. The molecule has 1 saturated heterocycles. The molecule has 0 aromatic rings. The van der Waals surface area contributed by atoms with Gasteiger partial charge in [-0.05, 0) is 38.5 Å². The second-order valence-electron chi connectivity index (χ2n) is 16.2. The van der Waals surface area contributed by atoms with Crippen molar-refractivity contribution < 1.29 is 39.8 Å². The van der Waals surface area contributed by atoms with Crippen molar-refractivity contribution in [3.05, 3.63) is 12.2 Å². The van der Waals surface area contributed by atoms with E-state index in [-0.39, 0.29) is 12.5 Å². The summed E-state index contributed by atoms with van der Waals surface area (Å²) in [6, 6.07) is -0.715. The van der Waals surface area contributed by atoms with Crippen molar-refractivity contribution in [1.29, 1.82) is 0 Å². The van der Waals surface area contributed by atoms with Gasteiger partial charge in [-0.15, -0.1) is 0 Å². The Morgan fingerprint density at radius 3 is 1.50 bits per heavy atom. The highest BCUT2D eigenvalue weighted by molar-refractivity contribution is 5.76. The third-order valence-corrected chi connectivity index (χ3v) is 11.1. The van der Waals surface area contributed by atoms with Gasteiger partial charge in [-0.1, -0.05) is 180 Å². The van der Waals surface area contributed by atoms with Crippen LogP contribution in [0.1, 0.15) is 213 Å². The summed E-state index contributed by atoms with van der Waals surface area (Å²) in [5.74, 6) is -0.149. The molecule has 0 aliphatic carbocycles. The lowest BCUT2D eigenvalue weighted by atomic mass is 9.99. The standard InChI is InChI=1S/C45H87NO8/c1-3-5-7-9-11-13-15-16-17-18-19-20-21-22-23-24-25-27-29-31-33-35-41(49)46-38(37-53-45-44(52)43(51)42(50)40(36-47)54-45)39(48)34-32-30-28-26-14-12-10-8-6-4-2/h20-21,38-40,42-45,47-48,50-52H,3-19,22-37H2,1-2H3,(H,46,49)/b21-20-. The first-order valence-electron chi connectivity index (χ1n) is 22.9. The summed E-state index contributed by atoms with van der Waals surface area (Å²) in [5.41, 5.74) is 0. The number of carbonyl (C=O) groups excluding carboxylic acids is 1. The smallest absolute Gasteiger partial charge is 0.220 e. The van der Waals surface area contributed by atoms with Crippen LogP contribution in [0.5, 0.6) is 0 Å². The van der Waals surface area contributed by atoms with Crippen LogP contribution in [0.15, 0.2) is 12.2 Å². The average Bonchev–Trinajstić information content (AvgIpc) is 3.17. The van der Waals surface area contributed by atoms with E-state index in [4.69, 9.17) is 9.47 Å². The van der Waals surface area contributed by atoms with Crippen LogP contribution in [0.3, 0.4) is 0 Å². The number of unbranched alkanes of at least 4 members (excludes halogenated alkanes) is 26. The SMILES string of the molecule is CCCCCCCCCCCC/C=C\CCCCCCCCCC(=O)NC(COC1OC(CO)C(O)C(O)C1O)C(O)CCCCCCCCCCCC. The Morgan fingerprint density at radius 1 is 0.611 bits per heavy atom. The monoisotopic (exact) mass is 770 g/mol. The van der Waals surface area contributed by atoms with Crippen LogP contribution in [0.25, 0.3) is 0 Å². The molecule has 1 aliphatic heterocycles. The Kier molecular flexibility index (Phi) is 34.2. The number of hydrogen-bond donors (Lipinski definition) is 6. The van der Waals surface area contributed by atoms with E-state index in [1.165, 1.54) is 148 Å². The molecule has 7 unspecified atom stereocenters. The van der Waals surface area contributed by atoms with Crippen LogP contribution < -0.4 is 5.32 Å². The predicted octanol–water partition coefficient (Wildman–Crippen LogP) is 9.34. The van der Waals surface area contributed by atoms with E-state index in [1.807, 2.05) is 0 Å². The fourth-order valence-corrected chi connectivity index (χ4v) is 7.39. The van der Waals surface area contributed by atoms with Crippen molar-refractivity contribution in [2.45, 2.75) is 256 Å². The van der Waals surface area contributed by atoms with Gasteiger partial charge in [0.15, 0.2) is 6.29 Å². The molecule has 54 heavy (non-hydrogen) atoms. The van der Waals surface area contributed by atoms with E-state index in [9.17, 15) is 30.3 Å². The average molecular weight is 770 g/mol. The number of aliphatic hydroxyl groups excluding tert-OH is 5. The molecule has 320 valence electrons. The van der Waals surface area contributed by atoms with Gasteiger partial charge in [0.25, 0.3) is 0 Å². The summed E-state index contributed by atoms with van der Waals surface area (Å²) in [7, 11) is 0. The minimum atomic E-state index is -1.55. The number of aliphatic hydroxyl groups is 5. The number of amides is 1. The number of nitrogens with one attached hydrogen (secondary N) is 1. The van der Waals surface area contributed by atoms with Crippen LogP contribution in [0.2, 0.25) is 0 Å². The molecule has 1 rings (SSSR count). The first-order chi connectivity index (χ1) is 26.3. The van der Waals surface area contributed by atoms with Gasteiger partial charge in [-0.25, -0.2) is 0 Å². The quantitative estimate of drug-likeness (QED) is 0.0269. The summed E-state index contributed by atoms with van der Waals surface area (Å²) in [6.45, 7) is 3.82. The van der Waals surface area contributed by atoms with Crippen LogP contribution in [-0.4, -0.2) is 87.5 Å². The number of hydrogen-bond acceptors (Lipinski definition) is 8. The molecule has 1 amide bonds. The minimum Gasteiger partial charge on any atom is -0.394 e. The van der Waals surface area contributed by atoms with Gasteiger partial charge in [0.05, 0.1) is 25.4 Å². The van der Waals surface area contributed by atoms with Crippen molar-refractivity contribution in [3.63, 3.8) is 0 Å². The minimum absolute atomic E-state index is 0.137. The van der Waals surface area contributed by atoms with E-state index in [0.717, 1.165) is 38.5 Å². The number of ether oxygens (including phenoxy) is 2. The van der Waals surface area contributed by atoms with Crippen LogP contribution in [-0.2, 0) is 14.3 Å². The highest BCUT2D eigenvalue weighted by Gasteiger charge is 2.44. The molecule has 0 aromatic carbocycles.